The van der Waals surface area contributed by atoms with E-state index in [1.807, 2.05) is 46.9 Å². The molecule has 0 radical (unpaired) electrons. The quantitative estimate of drug-likeness (QED) is 0.821. The maximum Gasteiger partial charge on any atom is 0.270 e. The number of hydrogen-bond acceptors (Lipinski definition) is 2. The van der Waals surface area contributed by atoms with E-state index in [4.69, 9.17) is 0 Å². The number of rotatable bonds is 5. The minimum atomic E-state index is 0.0301. The zero-order chi connectivity index (χ0) is 15.4. The number of pyridine rings is 1. The van der Waals surface area contributed by atoms with Crippen molar-refractivity contribution >= 4 is 21.8 Å². The van der Waals surface area contributed by atoms with Gasteiger partial charge in [0.05, 0.1) is 12.2 Å². The van der Waals surface area contributed by atoms with Crippen LogP contribution in [0, 0.1) is 0 Å². The third-order valence-corrected chi connectivity index (χ3v) is 3.77. The van der Waals surface area contributed by atoms with E-state index in [1.54, 1.807) is 6.20 Å². The third-order valence-electron chi connectivity index (χ3n) is 3.34. The highest BCUT2D eigenvalue weighted by Crippen LogP contribution is 2.21. The zero-order valence-corrected chi connectivity index (χ0v) is 14.2. The fourth-order valence-electron chi connectivity index (χ4n) is 2.22. The summed E-state index contributed by atoms with van der Waals surface area (Å²) < 4.78 is 2.92. The van der Waals surface area contributed by atoms with Gasteiger partial charge in [0.1, 0.15) is 5.69 Å². The minimum Gasteiger partial charge on any atom is -0.340 e. The average Bonchev–Trinajstić information content (AvgIpc) is 2.87. The average molecular weight is 350 g/mol. The number of nitrogens with zero attached hydrogens (tertiary/aromatic N) is 3. The summed E-state index contributed by atoms with van der Waals surface area (Å²) in [4.78, 5) is 18.9. The molecule has 0 spiro atoms. The number of aromatic nitrogens is 2. The van der Waals surface area contributed by atoms with Crippen LogP contribution in [0.1, 0.15) is 43.0 Å². The predicted octanol–water partition coefficient (Wildman–Crippen LogP) is 3.89. The first-order chi connectivity index (χ1) is 10.0. The highest BCUT2D eigenvalue weighted by atomic mass is 79.9. The van der Waals surface area contributed by atoms with Crippen molar-refractivity contribution in [2.45, 2.75) is 33.4 Å². The second-order valence-electron chi connectivity index (χ2n) is 5.18. The van der Waals surface area contributed by atoms with Crippen molar-refractivity contribution < 1.29 is 4.79 Å². The van der Waals surface area contributed by atoms with E-state index in [1.165, 1.54) is 0 Å². The van der Waals surface area contributed by atoms with E-state index >= 15 is 0 Å². The van der Waals surface area contributed by atoms with Crippen molar-refractivity contribution in [1.82, 2.24) is 14.5 Å². The van der Waals surface area contributed by atoms with Crippen LogP contribution in [0.3, 0.4) is 0 Å². The van der Waals surface area contributed by atoms with Crippen LogP contribution in [0.5, 0.6) is 0 Å². The molecular formula is C16H20BrN3O. The van der Waals surface area contributed by atoms with Crippen LogP contribution in [-0.4, -0.2) is 26.9 Å². The number of carbonyl (C=O) groups excluding carboxylic acids is 1. The molecule has 0 bridgehead atoms. The fraction of sp³-hybridized carbons (Fsp3) is 0.375. The van der Waals surface area contributed by atoms with E-state index in [0.717, 1.165) is 10.2 Å². The van der Waals surface area contributed by atoms with Gasteiger partial charge in [0.2, 0.25) is 0 Å². The highest BCUT2D eigenvalue weighted by molar-refractivity contribution is 9.10. The minimum absolute atomic E-state index is 0.0301. The van der Waals surface area contributed by atoms with Gasteiger partial charge in [0, 0.05) is 29.5 Å². The molecule has 0 atom stereocenters. The lowest BCUT2D eigenvalue weighted by molar-refractivity contribution is 0.0738. The van der Waals surface area contributed by atoms with Crippen LogP contribution >= 0.6 is 15.9 Å². The molecule has 0 aliphatic carbocycles. The highest BCUT2D eigenvalue weighted by Gasteiger charge is 2.20. The normalized spacial score (nSPS) is 10.9. The fourth-order valence-corrected chi connectivity index (χ4v) is 2.66. The molecule has 1 amide bonds. The van der Waals surface area contributed by atoms with Gasteiger partial charge in [-0.25, -0.2) is 0 Å². The van der Waals surface area contributed by atoms with Crippen LogP contribution < -0.4 is 0 Å². The van der Waals surface area contributed by atoms with Gasteiger partial charge in [-0.1, -0.05) is 6.07 Å². The zero-order valence-electron chi connectivity index (χ0n) is 12.6. The lowest BCUT2D eigenvalue weighted by atomic mass is 10.2. The topological polar surface area (TPSA) is 38.1 Å². The molecule has 4 nitrogen and oxygen atoms in total. The summed E-state index contributed by atoms with van der Waals surface area (Å²) in [5.74, 6) is 0.0301. The molecule has 0 N–H and O–H groups in total. The van der Waals surface area contributed by atoms with E-state index in [0.29, 0.717) is 18.8 Å². The largest absolute Gasteiger partial charge is 0.340 e. The molecule has 0 fully saturated rings. The van der Waals surface area contributed by atoms with Crippen LogP contribution in [0.25, 0.3) is 0 Å². The second-order valence-corrected chi connectivity index (χ2v) is 6.10. The Labute approximate surface area is 133 Å². The Hall–Kier alpha value is -1.62. The first kappa shape index (κ1) is 15.8. The van der Waals surface area contributed by atoms with Crippen molar-refractivity contribution in [1.29, 1.82) is 0 Å². The van der Waals surface area contributed by atoms with Gasteiger partial charge in [-0.15, -0.1) is 0 Å². The standard InChI is InChI=1S/C16H20BrN3O/c1-4-19(11-14-7-5-6-8-18-14)16(21)15-9-13(17)10-20(15)12(2)3/h5-10,12H,4,11H2,1-3H3. The van der Waals surface area contributed by atoms with Crippen LogP contribution in [-0.2, 0) is 6.54 Å². The summed E-state index contributed by atoms with van der Waals surface area (Å²) in [6, 6.07) is 7.87. The maximum absolute atomic E-state index is 12.8. The Kier molecular flexibility index (Phi) is 5.17. The van der Waals surface area contributed by atoms with Crippen molar-refractivity contribution in [2.24, 2.45) is 0 Å². The Morgan fingerprint density at radius 2 is 2.19 bits per heavy atom. The molecule has 2 heterocycles. The smallest absolute Gasteiger partial charge is 0.270 e. The third kappa shape index (κ3) is 3.73. The summed E-state index contributed by atoms with van der Waals surface area (Å²) >= 11 is 3.45. The number of halogens is 1. The molecule has 5 heteroatoms. The molecule has 21 heavy (non-hydrogen) atoms. The van der Waals surface area contributed by atoms with Crippen LogP contribution in [0.15, 0.2) is 41.1 Å². The monoisotopic (exact) mass is 349 g/mol. The van der Waals surface area contributed by atoms with E-state index < -0.39 is 0 Å². The SMILES string of the molecule is CCN(Cc1ccccn1)C(=O)c1cc(Br)cn1C(C)C. The van der Waals surface area contributed by atoms with Gasteiger partial charge in [0.25, 0.3) is 5.91 Å². The van der Waals surface area contributed by atoms with E-state index in [9.17, 15) is 4.79 Å². The molecule has 0 saturated carbocycles. The number of hydrogen-bond donors (Lipinski definition) is 0. The predicted molar refractivity (Wildman–Crippen MR) is 87.2 cm³/mol. The second kappa shape index (κ2) is 6.89. The first-order valence-electron chi connectivity index (χ1n) is 7.09. The summed E-state index contributed by atoms with van der Waals surface area (Å²) in [6.07, 6.45) is 3.70. The summed E-state index contributed by atoms with van der Waals surface area (Å²) in [7, 11) is 0. The summed E-state index contributed by atoms with van der Waals surface area (Å²) in [6.45, 7) is 7.29. The van der Waals surface area contributed by atoms with Gasteiger partial charge in [0.15, 0.2) is 0 Å². The van der Waals surface area contributed by atoms with Gasteiger partial charge < -0.3 is 9.47 Å². The molecule has 2 rings (SSSR count). The summed E-state index contributed by atoms with van der Waals surface area (Å²) in [5.41, 5.74) is 1.60. The Morgan fingerprint density at radius 3 is 2.76 bits per heavy atom. The van der Waals surface area contributed by atoms with Crippen LogP contribution in [0.2, 0.25) is 0 Å². The van der Waals surface area contributed by atoms with Crippen molar-refractivity contribution in [2.75, 3.05) is 6.54 Å². The van der Waals surface area contributed by atoms with E-state index in [2.05, 4.69) is 34.8 Å². The van der Waals surface area contributed by atoms with Crippen molar-refractivity contribution in [3.63, 3.8) is 0 Å². The van der Waals surface area contributed by atoms with Gasteiger partial charge in [-0.05, 0) is 54.9 Å². The van der Waals surface area contributed by atoms with Crippen molar-refractivity contribution in [3.8, 4) is 0 Å². The Morgan fingerprint density at radius 1 is 1.43 bits per heavy atom. The van der Waals surface area contributed by atoms with E-state index in [-0.39, 0.29) is 11.9 Å². The Balaban J connectivity index is 2.24. The number of carbonyl (C=O) groups is 1. The van der Waals surface area contributed by atoms with Crippen molar-refractivity contribution in [3.05, 3.63) is 52.5 Å². The molecule has 112 valence electrons. The summed E-state index contributed by atoms with van der Waals surface area (Å²) in [5, 5.41) is 0. The number of amides is 1. The molecule has 0 unspecified atom stereocenters. The molecule has 0 saturated heterocycles. The Bertz CT molecular complexity index is 607. The molecule has 0 aliphatic heterocycles. The lowest BCUT2D eigenvalue weighted by Gasteiger charge is -2.22. The van der Waals surface area contributed by atoms with Gasteiger partial charge >= 0.3 is 0 Å². The lowest BCUT2D eigenvalue weighted by Crippen LogP contribution is -2.32. The van der Waals surface area contributed by atoms with Crippen LogP contribution in [0.4, 0.5) is 0 Å². The maximum atomic E-state index is 12.8. The van der Waals surface area contributed by atoms with Gasteiger partial charge in [-0.3, -0.25) is 9.78 Å². The molecule has 2 aromatic heterocycles. The molecule has 0 aromatic carbocycles. The molecule has 2 aromatic rings. The molecule has 0 aliphatic rings. The van der Waals surface area contributed by atoms with Gasteiger partial charge in [-0.2, -0.15) is 0 Å². The first-order valence-corrected chi connectivity index (χ1v) is 7.88. The molecular weight excluding hydrogens is 330 g/mol.